The quantitative estimate of drug-likeness (QED) is 0.771. The number of nitrogens with zero attached hydrogens (tertiary/aromatic N) is 3. The third-order valence-electron chi connectivity index (χ3n) is 4.94. The van der Waals surface area contributed by atoms with Crippen molar-refractivity contribution in [2.24, 2.45) is 0 Å². The van der Waals surface area contributed by atoms with E-state index >= 15 is 0 Å². The molecule has 1 aliphatic heterocycles. The van der Waals surface area contributed by atoms with E-state index in [2.05, 4.69) is 21.8 Å². The number of H-pyrrole nitrogens is 1. The van der Waals surface area contributed by atoms with Gasteiger partial charge < -0.3 is 9.88 Å². The fraction of sp³-hybridized carbons (Fsp3) is 0.316. The van der Waals surface area contributed by atoms with Crippen LogP contribution in [0.3, 0.4) is 0 Å². The van der Waals surface area contributed by atoms with Gasteiger partial charge in [-0.2, -0.15) is 0 Å². The van der Waals surface area contributed by atoms with E-state index in [1.54, 1.807) is 11.3 Å². The number of hydrogen-bond donors (Lipinski definition) is 1. The lowest BCUT2D eigenvalue weighted by molar-refractivity contribution is 0.0583. The fourth-order valence-corrected chi connectivity index (χ4v) is 4.19. The molecule has 1 unspecified atom stereocenters. The van der Waals surface area contributed by atoms with Crippen molar-refractivity contribution in [1.82, 2.24) is 19.8 Å². The first-order valence-electron chi connectivity index (χ1n) is 8.68. The number of amides is 1. The van der Waals surface area contributed by atoms with Gasteiger partial charge in [0.2, 0.25) is 5.56 Å². The predicted octanol–water partition coefficient (Wildman–Crippen LogP) is 2.50. The lowest BCUT2D eigenvalue weighted by Crippen LogP contribution is -2.49. The molecular formula is C19H20N4O2S. The average Bonchev–Trinajstić information content (AvgIpc) is 3.21. The van der Waals surface area contributed by atoms with Crippen molar-refractivity contribution in [3.63, 3.8) is 0 Å². The molecule has 134 valence electrons. The van der Waals surface area contributed by atoms with Crippen LogP contribution in [-0.2, 0) is 0 Å². The van der Waals surface area contributed by atoms with Gasteiger partial charge in [-0.05, 0) is 13.0 Å². The van der Waals surface area contributed by atoms with Crippen LogP contribution < -0.4 is 5.56 Å². The topological polar surface area (TPSA) is 69.3 Å². The summed E-state index contributed by atoms with van der Waals surface area (Å²) in [6.45, 7) is 5.05. The minimum Gasteiger partial charge on any atom is -0.336 e. The fourth-order valence-electron chi connectivity index (χ4n) is 3.46. The van der Waals surface area contributed by atoms with Crippen molar-refractivity contribution in [2.45, 2.75) is 13.0 Å². The SMILES string of the molecule is CC(c1nccs1)N1CCN(C(=O)c2cc(=O)[nH]c3ccccc23)CC1. The molecule has 0 saturated carbocycles. The molecule has 1 atom stereocenters. The summed E-state index contributed by atoms with van der Waals surface area (Å²) >= 11 is 1.66. The first-order chi connectivity index (χ1) is 12.6. The predicted molar refractivity (Wildman–Crippen MR) is 103 cm³/mol. The van der Waals surface area contributed by atoms with E-state index in [1.807, 2.05) is 40.7 Å². The maximum absolute atomic E-state index is 13.0. The Morgan fingerprint density at radius 2 is 2.00 bits per heavy atom. The molecule has 0 aliphatic carbocycles. The van der Waals surface area contributed by atoms with E-state index in [-0.39, 0.29) is 17.5 Å². The molecule has 6 nitrogen and oxygen atoms in total. The number of aromatic amines is 1. The molecule has 2 aromatic heterocycles. The minimum atomic E-state index is -0.247. The van der Waals surface area contributed by atoms with Crippen LogP contribution in [0.25, 0.3) is 10.9 Å². The van der Waals surface area contributed by atoms with Crippen molar-refractivity contribution < 1.29 is 4.79 Å². The third kappa shape index (κ3) is 3.15. The van der Waals surface area contributed by atoms with Crippen LogP contribution in [0.5, 0.6) is 0 Å². The second-order valence-electron chi connectivity index (χ2n) is 6.47. The Hall–Kier alpha value is -2.51. The number of pyridine rings is 1. The second kappa shape index (κ2) is 7.01. The van der Waals surface area contributed by atoms with Gasteiger partial charge in [-0.3, -0.25) is 14.5 Å². The average molecular weight is 368 g/mol. The van der Waals surface area contributed by atoms with Crippen LogP contribution in [0, 0.1) is 0 Å². The van der Waals surface area contributed by atoms with Crippen LogP contribution in [0.2, 0.25) is 0 Å². The summed E-state index contributed by atoms with van der Waals surface area (Å²) in [4.78, 5) is 36.3. The van der Waals surface area contributed by atoms with E-state index in [0.29, 0.717) is 24.2 Å². The number of para-hydroxylation sites is 1. The summed E-state index contributed by atoms with van der Waals surface area (Å²) in [5.74, 6) is -0.0751. The number of rotatable bonds is 3. The molecule has 1 N–H and O–H groups in total. The normalized spacial score (nSPS) is 16.7. The Balaban J connectivity index is 1.52. The monoisotopic (exact) mass is 368 g/mol. The zero-order valence-electron chi connectivity index (χ0n) is 14.5. The molecule has 0 spiro atoms. The number of benzene rings is 1. The summed E-state index contributed by atoms with van der Waals surface area (Å²) in [7, 11) is 0. The number of thiazole rings is 1. The number of aromatic nitrogens is 2. The number of hydrogen-bond acceptors (Lipinski definition) is 5. The van der Waals surface area contributed by atoms with Crippen molar-refractivity contribution >= 4 is 28.1 Å². The maximum Gasteiger partial charge on any atom is 0.254 e. The molecule has 7 heteroatoms. The Morgan fingerprint density at radius 3 is 2.73 bits per heavy atom. The number of carbonyl (C=O) groups excluding carboxylic acids is 1. The van der Waals surface area contributed by atoms with Gasteiger partial charge in [-0.25, -0.2) is 4.98 Å². The molecule has 26 heavy (non-hydrogen) atoms. The van der Waals surface area contributed by atoms with Gasteiger partial charge in [0, 0.05) is 54.7 Å². The van der Waals surface area contributed by atoms with Gasteiger partial charge >= 0.3 is 0 Å². The number of fused-ring (bicyclic) bond motifs is 1. The van der Waals surface area contributed by atoms with Crippen molar-refractivity contribution in [3.8, 4) is 0 Å². The van der Waals surface area contributed by atoms with E-state index in [0.717, 1.165) is 23.5 Å². The van der Waals surface area contributed by atoms with Crippen LogP contribution in [-0.4, -0.2) is 51.9 Å². The maximum atomic E-state index is 13.0. The molecule has 1 saturated heterocycles. The first-order valence-corrected chi connectivity index (χ1v) is 9.56. The Bertz CT molecular complexity index is 975. The molecular weight excluding hydrogens is 348 g/mol. The number of piperazine rings is 1. The molecule has 3 aromatic rings. The van der Waals surface area contributed by atoms with Gasteiger partial charge in [0.15, 0.2) is 0 Å². The molecule has 4 rings (SSSR count). The summed E-state index contributed by atoms with van der Waals surface area (Å²) in [5.41, 5.74) is 0.924. The standard InChI is InChI=1S/C19H20N4O2S/c1-13(18-20-6-11-26-18)22-7-9-23(10-8-22)19(25)15-12-17(24)21-16-5-3-2-4-14(15)16/h2-6,11-13H,7-10H2,1H3,(H,21,24). The summed E-state index contributed by atoms with van der Waals surface area (Å²) in [5, 5.41) is 3.88. The zero-order chi connectivity index (χ0) is 18.1. The third-order valence-corrected chi connectivity index (χ3v) is 5.88. The van der Waals surface area contributed by atoms with Crippen LogP contribution in [0.4, 0.5) is 0 Å². The van der Waals surface area contributed by atoms with Gasteiger partial charge in [0.25, 0.3) is 5.91 Å². The van der Waals surface area contributed by atoms with Crippen molar-refractivity contribution in [1.29, 1.82) is 0 Å². The highest BCUT2D eigenvalue weighted by atomic mass is 32.1. The second-order valence-corrected chi connectivity index (χ2v) is 7.39. The van der Waals surface area contributed by atoms with Crippen LogP contribution in [0.15, 0.2) is 46.7 Å². The summed E-state index contributed by atoms with van der Waals surface area (Å²) in [6.07, 6.45) is 1.83. The van der Waals surface area contributed by atoms with E-state index < -0.39 is 0 Å². The highest BCUT2D eigenvalue weighted by molar-refractivity contribution is 7.09. The van der Waals surface area contributed by atoms with Gasteiger partial charge in [0.05, 0.1) is 11.6 Å². The van der Waals surface area contributed by atoms with Gasteiger partial charge in [-0.1, -0.05) is 18.2 Å². The van der Waals surface area contributed by atoms with E-state index in [1.165, 1.54) is 6.07 Å². The van der Waals surface area contributed by atoms with Crippen LogP contribution >= 0.6 is 11.3 Å². The van der Waals surface area contributed by atoms with Crippen molar-refractivity contribution in [2.75, 3.05) is 26.2 Å². The highest BCUT2D eigenvalue weighted by Gasteiger charge is 2.27. The molecule has 1 amide bonds. The lowest BCUT2D eigenvalue weighted by Gasteiger charge is -2.37. The van der Waals surface area contributed by atoms with Crippen molar-refractivity contribution in [3.05, 3.63) is 62.8 Å². The van der Waals surface area contributed by atoms with Gasteiger partial charge in [0.1, 0.15) is 5.01 Å². The molecule has 3 heterocycles. The zero-order valence-corrected chi connectivity index (χ0v) is 15.3. The number of carbonyl (C=O) groups is 1. The van der Waals surface area contributed by atoms with Crippen LogP contribution in [0.1, 0.15) is 28.3 Å². The minimum absolute atomic E-state index is 0.0751. The molecule has 0 radical (unpaired) electrons. The molecule has 1 fully saturated rings. The lowest BCUT2D eigenvalue weighted by atomic mass is 10.1. The summed E-state index contributed by atoms with van der Waals surface area (Å²) < 4.78 is 0. The van der Waals surface area contributed by atoms with E-state index in [9.17, 15) is 9.59 Å². The Kier molecular flexibility index (Phi) is 4.57. The number of nitrogens with one attached hydrogen (secondary N) is 1. The smallest absolute Gasteiger partial charge is 0.254 e. The molecule has 1 aliphatic rings. The molecule has 1 aromatic carbocycles. The van der Waals surface area contributed by atoms with E-state index in [4.69, 9.17) is 0 Å². The molecule has 0 bridgehead atoms. The Morgan fingerprint density at radius 1 is 1.23 bits per heavy atom. The van der Waals surface area contributed by atoms with Gasteiger partial charge in [-0.15, -0.1) is 11.3 Å². The first kappa shape index (κ1) is 16.9. The highest BCUT2D eigenvalue weighted by Crippen LogP contribution is 2.24. The Labute approximate surface area is 155 Å². The summed E-state index contributed by atoms with van der Waals surface area (Å²) in [6, 6.07) is 9.10. The largest absolute Gasteiger partial charge is 0.336 e.